The summed E-state index contributed by atoms with van der Waals surface area (Å²) in [6.07, 6.45) is 0. The quantitative estimate of drug-likeness (QED) is 0.198. The molecular weight excluding hydrogens is 522 g/mol. The van der Waals surface area contributed by atoms with Crippen LogP contribution in [0.5, 0.6) is 0 Å². The summed E-state index contributed by atoms with van der Waals surface area (Å²) in [5.74, 6) is -2.75. The zero-order valence-electron chi connectivity index (χ0n) is 22.1. The highest BCUT2D eigenvalue weighted by Gasteiger charge is 2.21. The Hall–Kier alpha value is -5.26. The molecule has 0 saturated carbocycles. The van der Waals surface area contributed by atoms with Crippen LogP contribution in [0.1, 0.15) is 42.5 Å². The fraction of sp³-hybridized carbons (Fsp3) is 0.214. The number of hydrogen-bond donors (Lipinski definition) is 1. The van der Waals surface area contributed by atoms with E-state index in [2.05, 4.69) is 5.10 Å². The molecule has 0 unspecified atom stereocenters. The van der Waals surface area contributed by atoms with Crippen LogP contribution in [0.25, 0.3) is 16.5 Å². The molecule has 0 aliphatic carbocycles. The number of carbonyl (C=O) groups excluding carboxylic acids is 4. The van der Waals surface area contributed by atoms with Gasteiger partial charge >= 0.3 is 17.9 Å². The van der Waals surface area contributed by atoms with Crippen LogP contribution in [-0.4, -0.2) is 58.9 Å². The molecule has 1 N–H and O–H groups in total. The highest BCUT2D eigenvalue weighted by Crippen LogP contribution is 2.24. The van der Waals surface area contributed by atoms with E-state index in [1.807, 2.05) is 0 Å². The van der Waals surface area contributed by atoms with Gasteiger partial charge in [-0.3, -0.25) is 24.3 Å². The van der Waals surface area contributed by atoms with Crippen molar-refractivity contribution < 1.29 is 33.4 Å². The number of methoxy groups -OCH3 is 2. The van der Waals surface area contributed by atoms with Crippen LogP contribution in [0.3, 0.4) is 0 Å². The van der Waals surface area contributed by atoms with Crippen molar-refractivity contribution in [3.63, 3.8) is 0 Å². The first kappa shape index (κ1) is 27.8. The van der Waals surface area contributed by atoms with E-state index in [9.17, 15) is 28.8 Å². The highest BCUT2D eigenvalue weighted by molar-refractivity contribution is 6.00. The van der Waals surface area contributed by atoms with Gasteiger partial charge in [0.1, 0.15) is 6.54 Å². The first-order chi connectivity index (χ1) is 19.0. The minimum atomic E-state index is -0.899. The van der Waals surface area contributed by atoms with Gasteiger partial charge < -0.3 is 18.8 Å². The summed E-state index contributed by atoms with van der Waals surface area (Å²) in [7, 11) is 2.43. The molecule has 12 heteroatoms. The fourth-order valence-corrected chi connectivity index (χ4v) is 4.41. The second kappa shape index (κ2) is 11.2. The Labute approximate surface area is 226 Å². The van der Waals surface area contributed by atoms with Crippen molar-refractivity contribution in [3.05, 3.63) is 97.3 Å². The highest BCUT2D eigenvalue weighted by atomic mass is 16.5. The van der Waals surface area contributed by atoms with Crippen LogP contribution in [0.15, 0.2) is 58.1 Å². The number of aromatic nitrogens is 3. The smallest absolute Gasteiger partial charge is 0.337 e. The number of aromatic amines is 1. The number of esters is 3. The topological polar surface area (TPSA) is 156 Å². The number of ketones is 1. The van der Waals surface area contributed by atoms with Crippen LogP contribution in [0.4, 0.5) is 0 Å². The van der Waals surface area contributed by atoms with E-state index < -0.39 is 48.0 Å². The lowest BCUT2D eigenvalue weighted by Crippen LogP contribution is -2.33. The number of aryl methyl sites for hydroxylation is 1. The van der Waals surface area contributed by atoms with E-state index in [1.165, 1.54) is 44.6 Å². The molecule has 0 atom stereocenters. The van der Waals surface area contributed by atoms with Crippen LogP contribution in [0.2, 0.25) is 0 Å². The lowest BCUT2D eigenvalue weighted by atomic mass is 10.1. The Bertz CT molecular complexity index is 1760. The number of fused-ring (bicyclic) bond motifs is 1. The molecule has 0 spiro atoms. The van der Waals surface area contributed by atoms with Gasteiger partial charge in [0.05, 0.1) is 36.1 Å². The fourth-order valence-electron chi connectivity index (χ4n) is 4.41. The number of carbonyl (C=O) groups is 4. The predicted octanol–water partition coefficient (Wildman–Crippen LogP) is 2.10. The van der Waals surface area contributed by atoms with Crippen molar-refractivity contribution in [1.29, 1.82) is 0 Å². The first-order valence-electron chi connectivity index (χ1n) is 12.0. The molecule has 2 heterocycles. The van der Waals surface area contributed by atoms with Gasteiger partial charge in [0.15, 0.2) is 6.61 Å². The number of Topliss-reactive ketones (excluding diaryl/α,β-unsaturated/α-hetero) is 1. The van der Waals surface area contributed by atoms with E-state index in [0.717, 1.165) is 4.68 Å². The third kappa shape index (κ3) is 5.32. The lowest BCUT2D eigenvalue weighted by Gasteiger charge is -2.13. The van der Waals surface area contributed by atoms with E-state index in [1.54, 1.807) is 36.6 Å². The van der Waals surface area contributed by atoms with Gasteiger partial charge in [-0.1, -0.05) is 12.1 Å². The number of hydrogen-bond acceptors (Lipinski definition) is 9. The molecule has 0 radical (unpaired) electrons. The zero-order chi connectivity index (χ0) is 29.1. The Balaban J connectivity index is 1.56. The van der Waals surface area contributed by atoms with Crippen LogP contribution in [0, 0.1) is 13.8 Å². The monoisotopic (exact) mass is 547 g/mol. The molecule has 12 nitrogen and oxygen atoms in total. The Kier molecular flexibility index (Phi) is 7.80. The number of nitrogens with one attached hydrogen (secondary N) is 1. The second-order valence-corrected chi connectivity index (χ2v) is 8.83. The third-order valence-corrected chi connectivity index (χ3v) is 6.28. The first-order valence-corrected chi connectivity index (χ1v) is 12.0. The number of H-pyrrole nitrogens is 1. The molecule has 2 aromatic carbocycles. The van der Waals surface area contributed by atoms with Crippen molar-refractivity contribution in [1.82, 2.24) is 14.3 Å². The summed E-state index contributed by atoms with van der Waals surface area (Å²) >= 11 is 0. The van der Waals surface area contributed by atoms with Crippen molar-refractivity contribution >= 4 is 34.5 Å². The summed E-state index contributed by atoms with van der Waals surface area (Å²) in [6.45, 7) is 2.16. The van der Waals surface area contributed by atoms with E-state index in [-0.39, 0.29) is 27.5 Å². The molecule has 0 bridgehead atoms. The van der Waals surface area contributed by atoms with Gasteiger partial charge in [-0.2, -0.15) is 0 Å². The van der Waals surface area contributed by atoms with Crippen LogP contribution >= 0.6 is 0 Å². The summed E-state index contributed by atoms with van der Waals surface area (Å²) in [5.41, 5.74) is 0.810. The Morgan fingerprint density at radius 3 is 2.05 bits per heavy atom. The molecule has 0 saturated heterocycles. The van der Waals surface area contributed by atoms with Crippen LogP contribution < -0.4 is 11.1 Å². The minimum Gasteiger partial charge on any atom is -0.465 e. The number of ether oxygens (including phenoxy) is 3. The molecule has 0 fully saturated rings. The molecule has 4 rings (SSSR count). The Morgan fingerprint density at radius 1 is 0.850 bits per heavy atom. The van der Waals surface area contributed by atoms with Gasteiger partial charge in [0.2, 0.25) is 5.78 Å². The summed E-state index contributed by atoms with van der Waals surface area (Å²) in [6, 6.07) is 12.1. The summed E-state index contributed by atoms with van der Waals surface area (Å²) < 4.78 is 17.2. The van der Waals surface area contributed by atoms with E-state index in [0.29, 0.717) is 17.1 Å². The molecule has 2 aromatic heterocycles. The lowest BCUT2D eigenvalue weighted by molar-refractivity contribution is -0.143. The molecule has 40 heavy (non-hydrogen) atoms. The normalized spacial score (nSPS) is 10.8. The largest absolute Gasteiger partial charge is 0.465 e. The maximum Gasteiger partial charge on any atom is 0.337 e. The predicted molar refractivity (Wildman–Crippen MR) is 142 cm³/mol. The van der Waals surface area contributed by atoms with Crippen LogP contribution in [-0.2, 0) is 25.5 Å². The number of benzene rings is 2. The van der Waals surface area contributed by atoms with Gasteiger partial charge in [-0.15, -0.1) is 0 Å². The standard InChI is InChI=1S/C28H25N3O9/c1-15-9-22(16(2)31(15)19-11-17(27(36)38-3)10-18(12-19)28(37)39-4)23(32)14-40-24(33)13-30-26(35)21-8-6-5-7-20(21)25(34)29-30/h5-12H,13-14H2,1-4H3,(H,29,34). The molecule has 0 aliphatic heterocycles. The van der Waals surface area contributed by atoms with E-state index >= 15 is 0 Å². The molecular formula is C28H25N3O9. The Morgan fingerprint density at radius 2 is 1.45 bits per heavy atom. The molecule has 206 valence electrons. The molecule has 4 aromatic rings. The zero-order valence-corrected chi connectivity index (χ0v) is 22.1. The molecule has 0 aliphatic rings. The summed E-state index contributed by atoms with van der Waals surface area (Å²) in [5, 5.41) is 2.67. The SMILES string of the molecule is COC(=O)c1cc(C(=O)OC)cc(-n2c(C)cc(C(=O)COC(=O)Cn3[nH]c(=O)c4ccccc4c3=O)c2C)c1. The van der Waals surface area contributed by atoms with E-state index in [4.69, 9.17) is 14.2 Å². The average molecular weight is 548 g/mol. The van der Waals surface area contributed by atoms with Crippen molar-refractivity contribution in [3.8, 4) is 5.69 Å². The van der Waals surface area contributed by atoms with Gasteiger partial charge in [-0.05, 0) is 50.2 Å². The van der Waals surface area contributed by atoms with Gasteiger partial charge in [0, 0.05) is 22.6 Å². The van der Waals surface area contributed by atoms with Gasteiger partial charge in [-0.25, -0.2) is 14.3 Å². The minimum absolute atomic E-state index is 0.108. The maximum atomic E-state index is 13.0. The number of nitrogens with zero attached hydrogens (tertiary/aromatic N) is 2. The third-order valence-electron chi connectivity index (χ3n) is 6.28. The molecule has 0 amide bonds. The average Bonchev–Trinajstić information content (AvgIpc) is 3.26. The van der Waals surface area contributed by atoms with Gasteiger partial charge in [0.25, 0.3) is 11.1 Å². The second-order valence-electron chi connectivity index (χ2n) is 8.83. The van der Waals surface area contributed by atoms with Crippen molar-refractivity contribution in [2.24, 2.45) is 0 Å². The van der Waals surface area contributed by atoms with Crippen molar-refractivity contribution in [2.75, 3.05) is 20.8 Å². The maximum absolute atomic E-state index is 13.0. The summed E-state index contributed by atoms with van der Waals surface area (Å²) in [4.78, 5) is 74.7. The van der Waals surface area contributed by atoms with Crippen molar-refractivity contribution in [2.45, 2.75) is 20.4 Å². The number of rotatable bonds is 8.